The second-order valence-corrected chi connectivity index (χ2v) is 17.5. The number of carbonyl (C=O) groups is 6. The molecule has 1 aromatic carbocycles. The Morgan fingerprint density at radius 1 is 1.07 bits per heavy atom. The summed E-state index contributed by atoms with van der Waals surface area (Å²) in [7, 11) is 0. The van der Waals surface area contributed by atoms with E-state index in [1.165, 1.54) is 72.7 Å². The number of fused-ring (bicyclic) bond motifs is 5. The molecule has 19 nitrogen and oxygen atoms in total. The van der Waals surface area contributed by atoms with Crippen LogP contribution in [0.1, 0.15) is 85.5 Å². The van der Waals surface area contributed by atoms with Crippen LogP contribution in [0, 0.1) is 16.7 Å². The smallest absolute Gasteiger partial charge is 0.408 e. The Bertz CT molecular complexity index is 2070. The Morgan fingerprint density at radius 2 is 1.72 bits per heavy atom. The van der Waals surface area contributed by atoms with Gasteiger partial charge in [-0.1, -0.05) is 31.1 Å². The van der Waals surface area contributed by atoms with Gasteiger partial charge in [0.1, 0.15) is 35.6 Å². The summed E-state index contributed by atoms with van der Waals surface area (Å²) in [6.07, 6.45) is -17.4. The first-order valence-corrected chi connectivity index (χ1v) is 19.3. The fraction of sp³-hybridized carbons (Fsp3) is 0.650. The van der Waals surface area contributed by atoms with Crippen molar-refractivity contribution in [1.29, 1.82) is 0 Å². The monoisotopic (exact) mass is 864 g/mol. The molecule has 1 aromatic rings. The highest BCUT2D eigenvalue weighted by Crippen LogP contribution is 2.64. The van der Waals surface area contributed by atoms with Crippen molar-refractivity contribution in [1.82, 2.24) is 5.32 Å². The van der Waals surface area contributed by atoms with Crippen molar-refractivity contribution in [3.8, 4) is 0 Å². The second kappa shape index (κ2) is 16.6. The van der Waals surface area contributed by atoms with Crippen LogP contribution in [-0.4, -0.2) is 124 Å². The normalized spacial score (nSPS) is 32.5. The molecule has 1 amide bonds. The number of aliphatic hydroxyl groups is 3. The van der Waals surface area contributed by atoms with Gasteiger partial charge in [0.25, 0.3) is 6.43 Å². The van der Waals surface area contributed by atoms with E-state index in [0.29, 0.717) is 0 Å². The molecule has 3 fully saturated rings. The van der Waals surface area contributed by atoms with Crippen LogP contribution >= 0.6 is 0 Å². The van der Waals surface area contributed by atoms with E-state index in [1.807, 2.05) is 0 Å². The molecule has 1 aliphatic heterocycles. The number of halogens is 2. The molecule has 1 saturated heterocycles. The van der Waals surface area contributed by atoms with Crippen molar-refractivity contribution in [3.63, 3.8) is 0 Å². The van der Waals surface area contributed by atoms with Crippen LogP contribution in [0.25, 0.3) is 10.4 Å². The molecule has 4 aliphatic rings. The summed E-state index contributed by atoms with van der Waals surface area (Å²) in [4.78, 5) is 84.3. The molecule has 334 valence electrons. The number of ether oxygens (including phenoxy) is 6. The molecule has 11 atom stereocenters. The van der Waals surface area contributed by atoms with Crippen LogP contribution < -0.4 is 5.32 Å². The number of hydrogen-bond donors (Lipinski definition) is 4. The van der Waals surface area contributed by atoms with E-state index in [4.69, 9.17) is 34.0 Å². The van der Waals surface area contributed by atoms with Crippen LogP contribution in [0.4, 0.5) is 19.3 Å². The number of azide groups is 1. The van der Waals surface area contributed by atoms with Gasteiger partial charge < -0.3 is 49.1 Å². The van der Waals surface area contributed by atoms with Gasteiger partial charge in [-0.25, -0.2) is 23.2 Å². The van der Waals surface area contributed by atoms with Crippen LogP contribution in [-0.2, 0) is 47.6 Å². The second-order valence-electron chi connectivity index (χ2n) is 17.5. The number of esters is 4. The van der Waals surface area contributed by atoms with Crippen molar-refractivity contribution < 1.29 is 81.3 Å². The third kappa shape index (κ3) is 8.28. The number of alkyl halides is 2. The lowest BCUT2D eigenvalue weighted by molar-refractivity contribution is -0.346. The summed E-state index contributed by atoms with van der Waals surface area (Å²) < 4.78 is 63.0. The van der Waals surface area contributed by atoms with Crippen molar-refractivity contribution in [2.24, 2.45) is 21.9 Å². The molecule has 4 N–H and O–H groups in total. The van der Waals surface area contributed by atoms with E-state index in [0.717, 1.165) is 13.8 Å². The van der Waals surface area contributed by atoms with Gasteiger partial charge in [-0.15, -0.1) is 0 Å². The number of benzene rings is 1. The first-order chi connectivity index (χ1) is 28.2. The third-order valence-electron chi connectivity index (χ3n) is 12.2. The average Bonchev–Trinajstić information content (AvgIpc) is 3.13. The maximum atomic E-state index is 15.4. The minimum atomic E-state index is -3.55. The maximum Gasteiger partial charge on any atom is 0.408 e. The summed E-state index contributed by atoms with van der Waals surface area (Å²) in [5.74, 6) is -7.52. The van der Waals surface area contributed by atoms with Crippen LogP contribution in [0.3, 0.4) is 0 Å². The zero-order chi connectivity index (χ0) is 45.8. The predicted molar refractivity (Wildman–Crippen MR) is 203 cm³/mol. The lowest BCUT2D eigenvalue weighted by Crippen LogP contribution is -2.82. The number of alkyl carbamates (subject to hydrolysis) is 1. The highest BCUT2D eigenvalue weighted by Gasteiger charge is 2.78. The summed E-state index contributed by atoms with van der Waals surface area (Å²) >= 11 is 0. The van der Waals surface area contributed by atoms with E-state index in [9.17, 15) is 48.1 Å². The van der Waals surface area contributed by atoms with Gasteiger partial charge in [0.15, 0.2) is 23.6 Å². The van der Waals surface area contributed by atoms with Crippen molar-refractivity contribution in [2.45, 2.75) is 141 Å². The lowest BCUT2D eigenvalue weighted by atomic mass is 9.44. The van der Waals surface area contributed by atoms with E-state index in [1.54, 1.807) is 5.32 Å². The summed E-state index contributed by atoms with van der Waals surface area (Å²) in [6.45, 7) is 11.4. The van der Waals surface area contributed by atoms with E-state index < -0.39 is 131 Å². The van der Waals surface area contributed by atoms with Gasteiger partial charge in [-0.3, -0.25) is 14.4 Å². The molecular weight excluding hydrogens is 814 g/mol. The number of amides is 1. The largest absolute Gasteiger partial charge is 0.456 e. The van der Waals surface area contributed by atoms with Crippen LogP contribution in [0.2, 0.25) is 0 Å². The Morgan fingerprint density at radius 3 is 2.26 bits per heavy atom. The Kier molecular flexibility index (Phi) is 12.7. The van der Waals surface area contributed by atoms with Crippen LogP contribution in [0.5, 0.6) is 0 Å². The molecule has 0 aromatic heterocycles. The Labute approximate surface area is 348 Å². The molecule has 2 bridgehead atoms. The van der Waals surface area contributed by atoms with Gasteiger partial charge in [0.05, 0.1) is 29.6 Å². The minimum absolute atomic E-state index is 0.0119. The molecule has 3 aliphatic carbocycles. The highest BCUT2D eigenvalue weighted by molar-refractivity contribution is 5.95. The first kappa shape index (κ1) is 46.8. The van der Waals surface area contributed by atoms with E-state index >= 15 is 4.79 Å². The number of carbonyl (C=O) groups excluding carboxylic acids is 6. The molecule has 0 unspecified atom stereocenters. The number of ketones is 1. The number of Topliss-reactive ketones (excluding diaryl/α,β-unsaturated/α-hetero) is 1. The van der Waals surface area contributed by atoms with E-state index in [-0.39, 0.29) is 28.8 Å². The number of nitrogens with zero attached hydrogens (tertiary/aromatic N) is 3. The fourth-order valence-electron chi connectivity index (χ4n) is 9.27. The maximum absolute atomic E-state index is 15.4. The highest BCUT2D eigenvalue weighted by atomic mass is 19.3. The predicted octanol–water partition coefficient (Wildman–Crippen LogP) is 3.66. The number of nitrogens with one attached hydrogen (secondary N) is 1. The molecule has 61 heavy (non-hydrogen) atoms. The molecule has 1 heterocycles. The van der Waals surface area contributed by atoms with Crippen molar-refractivity contribution >= 4 is 41.4 Å². The topological polar surface area (TPSA) is 279 Å². The minimum Gasteiger partial charge on any atom is -0.456 e. The van der Waals surface area contributed by atoms with Gasteiger partial charge in [0.2, 0.25) is 0 Å². The number of aliphatic hydroxyl groups excluding tert-OH is 2. The van der Waals surface area contributed by atoms with Gasteiger partial charge in [-0.2, -0.15) is 0 Å². The van der Waals surface area contributed by atoms with Crippen molar-refractivity contribution in [3.05, 3.63) is 51.4 Å². The van der Waals surface area contributed by atoms with Crippen LogP contribution in [0.15, 0.2) is 40.5 Å². The standard InChI is InChI=1S/C40H50F2N4O15/c1-17-22(58-34(53)27(50)26(32(41)42)44-35(54)61-36(4,5)6)15-40(55)31(59-33(52)20-11-10-12-21(13-20)45-46-43)29-38(9,23(49)14-24-39(29,16-56-24)60-19(3)48)30(51)28(57-18(2)47)25(17)37(40,7)8/h10-13,22-24,26-29,31-32,49-50,55H,14-16H2,1-9H3,(H,44,54)/t22-,23-,24+,26+,27+,28+,29-,31-,38+,39-,40+/m0/s1. The third-order valence-corrected chi connectivity index (χ3v) is 12.2. The van der Waals surface area contributed by atoms with Gasteiger partial charge in [-0.05, 0) is 63.4 Å². The first-order valence-electron chi connectivity index (χ1n) is 19.3. The summed E-state index contributed by atoms with van der Waals surface area (Å²) in [5, 5.41) is 41.7. The number of rotatable bonds is 10. The Hall–Kier alpha value is -5.21. The van der Waals surface area contributed by atoms with E-state index in [2.05, 4.69) is 10.0 Å². The summed E-state index contributed by atoms with van der Waals surface area (Å²) in [5.41, 5.74) is -1.16. The van der Waals surface area contributed by atoms with Crippen molar-refractivity contribution in [2.75, 3.05) is 6.61 Å². The Balaban J connectivity index is 1.75. The molecule has 21 heteroatoms. The molecule has 0 radical (unpaired) electrons. The fourth-order valence-corrected chi connectivity index (χ4v) is 9.27. The lowest BCUT2D eigenvalue weighted by Gasteiger charge is -2.67. The zero-order valence-electron chi connectivity index (χ0n) is 35.0. The van der Waals surface area contributed by atoms with Gasteiger partial charge >= 0.3 is 30.0 Å². The molecule has 2 saturated carbocycles. The molecular formula is C40H50F2N4O15. The quantitative estimate of drug-likeness (QED) is 0.0652. The average molecular weight is 865 g/mol. The SMILES string of the molecule is CC(=O)O[C@H]1C(=O)[C@@]2(C)[C@H]([C@H](OC(=O)c3cccc(N=[N+]=[N-])c3)[C@]3(O)C[C@H](OC(=O)[C@H](O)[C@@H](NC(=O)OC(C)(C)C)C(F)F)C(C)=C1C3(C)C)[C@]1(OC(C)=O)CO[C@@H]1C[C@@H]2O. The summed E-state index contributed by atoms with van der Waals surface area (Å²) in [6, 6.07) is 2.63. The molecule has 0 spiro atoms. The number of hydrogen-bond acceptors (Lipinski definition) is 16. The molecule has 5 rings (SSSR count). The zero-order valence-corrected chi connectivity index (χ0v) is 35.0. The van der Waals surface area contributed by atoms with Gasteiger partial charge in [0, 0.05) is 42.7 Å².